The first-order chi connectivity index (χ1) is 12.6. The van der Waals surface area contributed by atoms with Gasteiger partial charge in [-0.25, -0.2) is 4.98 Å². The largest absolute Gasteiger partial charge is 0.496 e. The predicted octanol–water partition coefficient (Wildman–Crippen LogP) is 3.32. The summed E-state index contributed by atoms with van der Waals surface area (Å²) < 4.78 is 7.48. The van der Waals surface area contributed by atoms with Crippen molar-refractivity contribution in [3.63, 3.8) is 0 Å². The molecule has 0 saturated carbocycles. The van der Waals surface area contributed by atoms with Crippen LogP contribution in [-0.2, 0) is 6.54 Å². The number of methoxy groups -OCH3 is 1. The number of rotatable bonds is 6. The van der Waals surface area contributed by atoms with Crippen LogP contribution in [-0.4, -0.2) is 40.4 Å². The van der Waals surface area contributed by atoms with E-state index >= 15 is 0 Å². The lowest BCUT2D eigenvalue weighted by atomic mass is 10.1. The molecule has 0 spiro atoms. The molecule has 2 aromatic heterocycles. The maximum absolute atomic E-state index is 12.8. The standard InChI is InChI=1S/C19H24N4O2S/c1-5-22(6-2)18(24)17-12(3)23-14(11-20)16(21-19(23)26-17)13-9-7-8-10-15(13)25-4/h7-10H,5-6,11,20H2,1-4H3. The van der Waals surface area contributed by atoms with Crippen LogP contribution in [0.1, 0.15) is 34.9 Å². The molecule has 2 N–H and O–H groups in total. The summed E-state index contributed by atoms with van der Waals surface area (Å²) in [6, 6.07) is 7.76. The van der Waals surface area contributed by atoms with Crippen molar-refractivity contribution < 1.29 is 9.53 Å². The summed E-state index contributed by atoms with van der Waals surface area (Å²) in [5, 5.41) is 0. The number of imidazole rings is 1. The van der Waals surface area contributed by atoms with E-state index in [9.17, 15) is 4.79 Å². The average molecular weight is 372 g/mol. The van der Waals surface area contributed by atoms with E-state index in [1.54, 1.807) is 7.11 Å². The third-order valence-corrected chi connectivity index (χ3v) is 5.73. The second-order valence-corrected chi connectivity index (χ2v) is 6.90. The van der Waals surface area contributed by atoms with Gasteiger partial charge in [-0.05, 0) is 32.9 Å². The van der Waals surface area contributed by atoms with Crippen molar-refractivity contribution in [1.82, 2.24) is 14.3 Å². The Morgan fingerprint density at radius 2 is 2.00 bits per heavy atom. The first-order valence-electron chi connectivity index (χ1n) is 8.70. The molecule has 0 saturated heterocycles. The third-order valence-electron chi connectivity index (χ3n) is 4.60. The predicted molar refractivity (Wildman–Crippen MR) is 105 cm³/mol. The molecule has 2 heterocycles. The van der Waals surface area contributed by atoms with E-state index in [0.717, 1.165) is 38.2 Å². The van der Waals surface area contributed by atoms with Gasteiger partial charge in [-0.3, -0.25) is 9.20 Å². The van der Waals surface area contributed by atoms with Crippen LogP contribution < -0.4 is 10.5 Å². The SMILES string of the molecule is CCN(CC)C(=O)c1sc2nc(-c3ccccc3OC)c(CN)n2c1C. The molecule has 0 aliphatic carbocycles. The lowest BCUT2D eigenvalue weighted by Crippen LogP contribution is -2.30. The fourth-order valence-corrected chi connectivity index (χ4v) is 4.32. The van der Waals surface area contributed by atoms with Crippen LogP contribution in [0.3, 0.4) is 0 Å². The topological polar surface area (TPSA) is 72.9 Å². The zero-order valence-corrected chi connectivity index (χ0v) is 16.4. The first-order valence-corrected chi connectivity index (χ1v) is 9.52. The van der Waals surface area contributed by atoms with Gasteiger partial charge in [-0.1, -0.05) is 23.5 Å². The molecule has 3 rings (SSSR count). The Hall–Kier alpha value is -2.38. The number of hydrogen-bond acceptors (Lipinski definition) is 5. The molecule has 0 bridgehead atoms. The number of para-hydroxylation sites is 1. The molecule has 6 nitrogen and oxygen atoms in total. The first kappa shape index (κ1) is 18.4. The normalized spacial score (nSPS) is 11.1. The molecule has 0 radical (unpaired) electrons. The van der Waals surface area contributed by atoms with Crippen molar-refractivity contribution in [2.75, 3.05) is 20.2 Å². The van der Waals surface area contributed by atoms with Gasteiger partial charge in [-0.15, -0.1) is 0 Å². The number of thiazole rings is 1. The monoisotopic (exact) mass is 372 g/mol. The summed E-state index contributed by atoms with van der Waals surface area (Å²) >= 11 is 1.41. The van der Waals surface area contributed by atoms with Crippen LogP contribution in [0.2, 0.25) is 0 Å². The number of benzene rings is 1. The van der Waals surface area contributed by atoms with Gasteiger partial charge in [0.2, 0.25) is 0 Å². The highest BCUT2D eigenvalue weighted by Crippen LogP contribution is 2.35. The zero-order valence-electron chi connectivity index (χ0n) is 15.6. The molecule has 1 aromatic carbocycles. The number of nitrogens with zero attached hydrogens (tertiary/aromatic N) is 3. The molecule has 3 aromatic rings. The summed E-state index contributed by atoms with van der Waals surface area (Å²) in [7, 11) is 1.64. The number of ether oxygens (including phenoxy) is 1. The van der Waals surface area contributed by atoms with E-state index < -0.39 is 0 Å². The smallest absolute Gasteiger partial charge is 0.265 e. The summed E-state index contributed by atoms with van der Waals surface area (Å²) in [6.07, 6.45) is 0. The number of hydrogen-bond donors (Lipinski definition) is 1. The highest BCUT2D eigenvalue weighted by Gasteiger charge is 2.25. The Morgan fingerprint density at radius 1 is 1.31 bits per heavy atom. The van der Waals surface area contributed by atoms with Crippen LogP contribution in [0.25, 0.3) is 16.2 Å². The number of carbonyl (C=O) groups is 1. The Bertz CT molecular complexity index is 941. The maximum atomic E-state index is 12.8. The number of aromatic nitrogens is 2. The molecular formula is C19H24N4O2S. The van der Waals surface area contributed by atoms with Crippen LogP contribution in [0.5, 0.6) is 5.75 Å². The third kappa shape index (κ3) is 2.87. The van der Waals surface area contributed by atoms with Crippen molar-refractivity contribution in [1.29, 1.82) is 0 Å². The molecule has 0 aliphatic rings. The molecule has 0 fully saturated rings. The van der Waals surface area contributed by atoms with E-state index in [1.165, 1.54) is 11.3 Å². The van der Waals surface area contributed by atoms with Gasteiger partial charge in [0, 0.05) is 30.9 Å². The number of amides is 1. The minimum Gasteiger partial charge on any atom is -0.496 e. The Kier molecular flexibility index (Phi) is 5.29. The van der Waals surface area contributed by atoms with Gasteiger partial charge in [-0.2, -0.15) is 0 Å². The highest BCUT2D eigenvalue weighted by molar-refractivity contribution is 7.19. The van der Waals surface area contributed by atoms with E-state index in [1.807, 2.05) is 54.3 Å². The second kappa shape index (κ2) is 7.47. The van der Waals surface area contributed by atoms with Crippen molar-refractivity contribution in [3.05, 3.63) is 40.5 Å². The molecule has 1 amide bonds. The summed E-state index contributed by atoms with van der Waals surface area (Å²) in [5.41, 5.74) is 9.55. The van der Waals surface area contributed by atoms with E-state index in [4.69, 9.17) is 15.5 Å². The summed E-state index contributed by atoms with van der Waals surface area (Å²) in [5.74, 6) is 0.801. The highest BCUT2D eigenvalue weighted by atomic mass is 32.1. The molecule has 138 valence electrons. The van der Waals surface area contributed by atoms with E-state index in [-0.39, 0.29) is 5.91 Å². The molecule has 7 heteroatoms. The number of carbonyl (C=O) groups excluding carboxylic acids is 1. The average Bonchev–Trinajstić information content (AvgIpc) is 3.19. The van der Waals surface area contributed by atoms with Gasteiger partial charge in [0.05, 0.1) is 18.5 Å². The van der Waals surface area contributed by atoms with Crippen LogP contribution in [0.15, 0.2) is 24.3 Å². The lowest BCUT2D eigenvalue weighted by molar-refractivity contribution is 0.0776. The molecular weight excluding hydrogens is 348 g/mol. The summed E-state index contributed by atoms with van der Waals surface area (Å²) in [6.45, 7) is 7.62. The van der Waals surface area contributed by atoms with Gasteiger partial charge >= 0.3 is 0 Å². The fourth-order valence-electron chi connectivity index (χ4n) is 3.21. The summed E-state index contributed by atoms with van der Waals surface area (Å²) in [4.78, 5) is 20.9. The maximum Gasteiger partial charge on any atom is 0.265 e. The fraction of sp³-hybridized carbons (Fsp3) is 0.368. The van der Waals surface area contributed by atoms with Crippen molar-refractivity contribution in [3.8, 4) is 17.0 Å². The van der Waals surface area contributed by atoms with Crippen molar-refractivity contribution >= 4 is 22.2 Å². The Morgan fingerprint density at radius 3 is 2.62 bits per heavy atom. The minimum absolute atomic E-state index is 0.0461. The molecule has 0 atom stereocenters. The zero-order chi connectivity index (χ0) is 18.8. The lowest BCUT2D eigenvalue weighted by Gasteiger charge is -2.17. The number of nitrogens with two attached hydrogens (primary N) is 1. The Labute approximate surface area is 157 Å². The van der Waals surface area contributed by atoms with E-state index in [0.29, 0.717) is 19.6 Å². The van der Waals surface area contributed by atoms with Crippen molar-refractivity contribution in [2.24, 2.45) is 5.73 Å². The van der Waals surface area contributed by atoms with Crippen molar-refractivity contribution in [2.45, 2.75) is 27.3 Å². The quantitative estimate of drug-likeness (QED) is 0.720. The molecule has 0 unspecified atom stereocenters. The van der Waals surface area contributed by atoms with Crippen LogP contribution >= 0.6 is 11.3 Å². The molecule has 26 heavy (non-hydrogen) atoms. The van der Waals surface area contributed by atoms with E-state index in [2.05, 4.69) is 0 Å². The van der Waals surface area contributed by atoms with Gasteiger partial charge < -0.3 is 15.4 Å². The van der Waals surface area contributed by atoms with Gasteiger partial charge in [0.25, 0.3) is 5.91 Å². The minimum atomic E-state index is 0.0461. The number of aryl methyl sites for hydroxylation is 1. The van der Waals surface area contributed by atoms with Gasteiger partial charge in [0.1, 0.15) is 10.6 Å². The van der Waals surface area contributed by atoms with Crippen LogP contribution in [0.4, 0.5) is 0 Å². The second-order valence-electron chi connectivity index (χ2n) is 5.92. The Balaban J connectivity index is 2.18. The molecule has 0 aliphatic heterocycles. The van der Waals surface area contributed by atoms with Gasteiger partial charge in [0.15, 0.2) is 4.96 Å². The van der Waals surface area contributed by atoms with Crippen LogP contribution in [0, 0.1) is 6.92 Å². The number of fused-ring (bicyclic) bond motifs is 1.